The van der Waals surface area contributed by atoms with Gasteiger partial charge in [-0.05, 0) is 43.2 Å². The van der Waals surface area contributed by atoms with Gasteiger partial charge in [-0.15, -0.1) is 0 Å². The van der Waals surface area contributed by atoms with Crippen LogP contribution in [0, 0.1) is 35.3 Å². The van der Waals surface area contributed by atoms with Crippen LogP contribution in [0.4, 0.5) is 11.4 Å². The Morgan fingerprint density at radius 2 is 1.70 bits per heavy atom. The number of non-ortho nitro benzene ring substituents is 1. The number of carbonyl (C=O) groups is 1. The molecule has 0 saturated heterocycles. The minimum Gasteiger partial charge on any atom is -0.493 e. The number of rotatable bonds is 9. The Morgan fingerprint density at radius 1 is 1.00 bits per heavy atom. The molecule has 0 atom stereocenters. The fourth-order valence-electron chi connectivity index (χ4n) is 4.02. The van der Waals surface area contributed by atoms with Crippen molar-refractivity contribution >= 4 is 29.0 Å². The van der Waals surface area contributed by atoms with Gasteiger partial charge >= 0.3 is 0 Å². The lowest BCUT2D eigenvalue weighted by atomic mass is 9.98. The summed E-state index contributed by atoms with van der Waals surface area (Å²) >= 11 is 1.12. The highest BCUT2D eigenvalue weighted by atomic mass is 32.2. The highest BCUT2D eigenvalue weighted by Gasteiger charge is 2.19. The molecule has 1 N–H and O–H groups in total. The van der Waals surface area contributed by atoms with Gasteiger partial charge in [-0.1, -0.05) is 53.7 Å². The van der Waals surface area contributed by atoms with Gasteiger partial charge in [-0.3, -0.25) is 14.9 Å². The number of anilines is 1. The number of nitrogens with one attached hydrogen (secondary N) is 1. The number of thioether (sulfide) groups is 1. The zero-order valence-electron chi connectivity index (χ0n) is 22.3. The number of carbonyl (C=O) groups excluding carboxylic acids is 1. The van der Waals surface area contributed by atoms with E-state index in [1.54, 1.807) is 39.3 Å². The Bertz CT molecular complexity index is 1630. The van der Waals surface area contributed by atoms with Gasteiger partial charge in [0.2, 0.25) is 5.91 Å². The molecule has 0 aliphatic heterocycles. The smallest absolute Gasteiger partial charge is 0.271 e. The maximum Gasteiger partial charge on any atom is 0.271 e. The molecule has 202 valence electrons. The van der Waals surface area contributed by atoms with Gasteiger partial charge in [0.25, 0.3) is 5.69 Å². The zero-order chi connectivity index (χ0) is 28.8. The molecule has 0 radical (unpaired) electrons. The molecule has 40 heavy (non-hydrogen) atoms. The maximum atomic E-state index is 12.9. The van der Waals surface area contributed by atoms with Crippen molar-refractivity contribution in [1.29, 1.82) is 5.26 Å². The highest BCUT2D eigenvalue weighted by molar-refractivity contribution is 8.00. The summed E-state index contributed by atoms with van der Waals surface area (Å²) in [5.41, 5.74) is 5.19. The third-order valence-corrected chi connectivity index (χ3v) is 7.16. The number of aromatic nitrogens is 1. The monoisotopic (exact) mass is 554 g/mol. The van der Waals surface area contributed by atoms with E-state index in [0.717, 1.165) is 28.5 Å². The van der Waals surface area contributed by atoms with Crippen LogP contribution in [-0.4, -0.2) is 35.8 Å². The fraction of sp³-hybridized carbons (Fsp3) is 0.167. The van der Waals surface area contributed by atoms with Crippen molar-refractivity contribution in [2.24, 2.45) is 0 Å². The molecule has 4 rings (SSSR count). The van der Waals surface area contributed by atoms with E-state index in [1.165, 1.54) is 12.1 Å². The lowest BCUT2D eigenvalue weighted by Crippen LogP contribution is -2.15. The average Bonchev–Trinajstić information content (AvgIpc) is 2.96. The second-order valence-corrected chi connectivity index (χ2v) is 9.84. The number of hydrogen-bond acceptors (Lipinski definition) is 8. The van der Waals surface area contributed by atoms with Crippen molar-refractivity contribution < 1.29 is 19.2 Å². The average molecular weight is 555 g/mol. The molecular formula is C30H26N4O5S. The zero-order valence-corrected chi connectivity index (χ0v) is 23.2. The number of amides is 1. The Kier molecular flexibility index (Phi) is 8.67. The minimum atomic E-state index is -0.515. The predicted molar refractivity (Wildman–Crippen MR) is 155 cm³/mol. The van der Waals surface area contributed by atoms with Crippen LogP contribution in [0.1, 0.15) is 16.7 Å². The summed E-state index contributed by atoms with van der Waals surface area (Å²) in [6.07, 6.45) is 0. The first-order valence-electron chi connectivity index (χ1n) is 12.2. The number of pyridine rings is 1. The van der Waals surface area contributed by atoms with Crippen molar-refractivity contribution in [3.8, 4) is 40.0 Å². The summed E-state index contributed by atoms with van der Waals surface area (Å²) in [5.74, 6) is 0.624. The van der Waals surface area contributed by atoms with Crippen LogP contribution in [0.25, 0.3) is 22.4 Å². The third kappa shape index (κ3) is 6.22. The van der Waals surface area contributed by atoms with Gasteiger partial charge in [0.1, 0.15) is 11.1 Å². The van der Waals surface area contributed by atoms with E-state index in [1.807, 2.05) is 43.3 Å². The Morgan fingerprint density at radius 3 is 2.35 bits per heavy atom. The SMILES string of the molecule is COc1ccc(-c2cc(-c3ccc(C)cc3)nc(SCC(=O)Nc3cc([N+](=O)[O-])ccc3C)c2C#N)cc1OC. The summed E-state index contributed by atoms with van der Waals surface area (Å²) in [5, 5.41) is 24.5. The Balaban J connectivity index is 1.72. The lowest BCUT2D eigenvalue weighted by Gasteiger charge is -2.15. The number of nitro groups is 1. The fourth-order valence-corrected chi connectivity index (χ4v) is 4.82. The van der Waals surface area contributed by atoms with Crippen molar-refractivity contribution in [3.63, 3.8) is 0 Å². The largest absolute Gasteiger partial charge is 0.493 e. The van der Waals surface area contributed by atoms with Gasteiger partial charge in [-0.2, -0.15) is 5.26 Å². The van der Waals surface area contributed by atoms with Crippen LogP contribution >= 0.6 is 11.8 Å². The first-order chi connectivity index (χ1) is 19.2. The van der Waals surface area contributed by atoms with Crippen LogP contribution in [0.15, 0.2) is 71.8 Å². The molecule has 4 aromatic rings. The van der Waals surface area contributed by atoms with Gasteiger partial charge in [-0.25, -0.2) is 4.98 Å². The molecule has 0 fully saturated rings. The molecule has 0 bridgehead atoms. The van der Waals surface area contributed by atoms with Gasteiger partial charge in [0, 0.05) is 23.3 Å². The quantitative estimate of drug-likeness (QED) is 0.140. The van der Waals surface area contributed by atoms with Crippen LogP contribution in [0.3, 0.4) is 0 Å². The molecule has 3 aromatic carbocycles. The summed E-state index contributed by atoms with van der Waals surface area (Å²) < 4.78 is 10.8. The van der Waals surface area contributed by atoms with E-state index in [0.29, 0.717) is 44.6 Å². The summed E-state index contributed by atoms with van der Waals surface area (Å²) in [7, 11) is 3.09. The number of hydrogen-bond donors (Lipinski definition) is 1. The number of nitro benzene ring substituents is 1. The van der Waals surface area contributed by atoms with E-state index >= 15 is 0 Å². The minimum absolute atomic E-state index is 0.0630. The van der Waals surface area contributed by atoms with E-state index in [2.05, 4.69) is 11.4 Å². The molecular weight excluding hydrogens is 528 g/mol. The van der Waals surface area contributed by atoms with Gasteiger partial charge in [0.15, 0.2) is 11.5 Å². The van der Waals surface area contributed by atoms with Crippen molar-refractivity contribution in [2.45, 2.75) is 18.9 Å². The van der Waals surface area contributed by atoms with Crippen LogP contribution < -0.4 is 14.8 Å². The molecule has 10 heteroatoms. The highest BCUT2D eigenvalue weighted by Crippen LogP contribution is 2.38. The van der Waals surface area contributed by atoms with E-state index < -0.39 is 4.92 Å². The first-order valence-corrected chi connectivity index (χ1v) is 13.1. The number of aryl methyl sites for hydroxylation is 2. The second-order valence-electron chi connectivity index (χ2n) is 8.88. The van der Waals surface area contributed by atoms with Crippen LogP contribution in [-0.2, 0) is 4.79 Å². The molecule has 0 aliphatic rings. The molecule has 9 nitrogen and oxygen atoms in total. The van der Waals surface area contributed by atoms with Crippen LogP contribution in [0.2, 0.25) is 0 Å². The molecule has 0 aliphatic carbocycles. The third-order valence-electron chi connectivity index (χ3n) is 6.19. The standard InChI is InChI=1S/C30H26N4O5S/c1-18-5-8-20(9-6-18)26-15-23(21-10-12-27(38-3)28(13-21)39-4)24(16-31)30(33-26)40-17-29(35)32-25-14-22(34(36)37)11-7-19(25)2/h5-15H,17H2,1-4H3,(H,32,35). The summed E-state index contributed by atoms with van der Waals surface area (Å²) in [4.78, 5) is 28.3. The van der Waals surface area contributed by atoms with E-state index in [-0.39, 0.29) is 17.3 Å². The summed E-state index contributed by atoms with van der Waals surface area (Å²) in [6, 6.07) is 21.7. The number of ether oxygens (including phenoxy) is 2. The van der Waals surface area contributed by atoms with Crippen molar-refractivity contribution in [1.82, 2.24) is 4.98 Å². The predicted octanol–water partition coefficient (Wildman–Crippen LogP) is 6.56. The van der Waals surface area contributed by atoms with E-state index in [9.17, 15) is 20.2 Å². The molecule has 0 saturated carbocycles. The van der Waals surface area contributed by atoms with E-state index in [4.69, 9.17) is 14.5 Å². The van der Waals surface area contributed by atoms with Crippen molar-refractivity contribution in [2.75, 3.05) is 25.3 Å². The first kappa shape index (κ1) is 28.1. The molecule has 1 aromatic heterocycles. The number of benzene rings is 3. The summed E-state index contributed by atoms with van der Waals surface area (Å²) in [6.45, 7) is 3.75. The maximum absolute atomic E-state index is 12.9. The molecule has 0 unspecified atom stereocenters. The van der Waals surface area contributed by atoms with Crippen molar-refractivity contribution in [3.05, 3.63) is 93.5 Å². The molecule has 1 amide bonds. The molecule has 1 heterocycles. The number of methoxy groups -OCH3 is 2. The Hall–Kier alpha value is -4.88. The Labute approximate surface area is 235 Å². The normalized spacial score (nSPS) is 10.5. The topological polar surface area (TPSA) is 127 Å². The van der Waals surface area contributed by atoms with Gasteiger partial charge in [0.05, 0.1) is 41.8 Å². The number of nitriles is 1. The lowest BCUT2D eigenvalue weighted by molar-refractivity contribution is -0.384. The van der Waals surface area contributed by atoms with Crippen LogP contribution in [0.5, 0.6) is 11.5 Å². The second kappa shape index (κ2) is 12.3. The molecule has 0 spiro atoms. The van der Waals surface area contributed by atoms with Gasteiger partial charge < -0.3 is 14.8 Å². The number of nitrogens with zero attached hydrogens (tertiary/aromatic N) is 3.